The highest BCUT2D eigenvalue weighted by Crippen LogP contribution is 2.39. The molecule has 5 aromatic rings. The summed E-state index contributed by atoms with van der Waals surface area (Å²) in [5.41, 5.74) is 15.4. The van der Waals surface area contributed by atoms with Gasteiger partial charge in [-0.25, -0.2) is 24.1 Å². The topological polar surface area (TPSA) is 286 Å². The van der Waals surface area contributed by atoms with Crippen LogP contribution in [0.3, 0.4) is 0 Å². The van der Waals surface area contributed by atoms with Crippen LogP contribution >= 0.6 is 0 Å². The number of aliphatic hydroxyl groups excluding tert-OH is 1. The van der Waals surface area contributed by atoms with E-state index in [1.165, 1.54) is 44.6 Å². The number of aliphatic hydroxyl groups is 1. The van der Waals surface area contributed by atoms with Gasteiger partial charge in [0.25, 0.3) is 0 Å². The Labute approximate surface area is 307 Å². The van der Waals surface area contributed by atoms with Crippen LogP contribution in [0.1, 0.15) is 82.7 Å². The first kappa shape index (κ1) is 36.1. The molecule has 7 heterocycles. The normalized spacial score (nSPS) is 17.9. The number of carbonyl (C=O) groups excluding carboxylic acids is 2. The number of piperidine rings is 2. The van der Waals surface area contributed by atoms with Gasteiger partial charge in [0.1, 0.15) is 29.9 Å². The van der Waals surface area contributed by atoms with Crippen molar-refractivity contribution in [2.24, 2.45) is 34.6 Å². The smallest absolute Gasteiger partial charge is 0.343 e. The molecule has 0 saturated carbocycles. The number of nitrogens with one attached hydrogen (secondary N) is 2. The van der Waals surface area contributed by atoms with Gasteiger partial charge in [0.05, 0.1) is 37.2 Å². The predicted molar refractivity (Wildman–Crippen MR) is 192 cm³/mol. The Bertz CT molecular complexity index is 2080. The molecular weight excluding hydrogens is 700 g/mol. The van der Waals surface area contributed by atoms with Crippen LogP contribution in [0.4, 0.5) is 34.6 Å². The van der Waals surface area contributed by atoms with Crippen LogP contribution in [0.15, 0.2) is 45.2 Å². The minimum atomic E-state index is -0.702. The van der Waals surface area contributed by atoms with E-state index in [-0.39, 0.29) is 52.2 Å². The Balaban J connectivity index is 1.30. The lowest BCUT2D eigenvalue weighted by Gasteiger charge is -2.21. The van der Waals surface area contributed by atoms with E-state index in [0.29, 0.717) is 28.7 Å². The molecule has 2 saturated heterocycles. The van der Waals surface area contributed by atoms with Gasteiger partial charge >= 0.3 is 5.97 Å². The van der Waals surface area contributed by atoms with Crippen LogP contribution in [-0.2, 0) is 18.8 Å². The number of esters is 1. The number of Topliss-reactive ketones (excluding diaryl/α,β-unsaturated/α-hetero) is 1. The predicted octanol–water partition coefficient (Wildman–Crippen LogP) is 2.90. The van der Waals surface area contributed by atoms with E-state index in [1.807, 2.05) is 0 Å². The molecule has 2 atom stereocenters. The van der Waals surface area contributed by atoms with Crippen molar-refractivity contribution >= 4 is 46.4 Å². The molecule has 0 amide bonds. The number of nitrogens with two attached hydrogens (primary N) is 2. The van der Waals surface area contributed by atoms with Crippen LogP contribution in [0.5, 0.6) is 0 Å². The number of aromatic nitrogens is 10. The zero-order valence-corrected chi connectivity index (χ0v) is 29.9. The van der Waals surface area contributed by atoms with Crippen molar-refractivity contribution in [3.05, 3.63) is 47.3 Å². The minimum absolute atomic E-state index is 0.121. The van der Waals surface area contributed by atoms with Crippen molar-refractivity contribution in [3.8, 4) is 11.6 Å². The number of hydrogen-bond acceptors (Lipinski definition) is 18. The molecule has 0 bridgehead atoms. The van der Waals surface area contributed by atoms with Crippen molar-refractivity contribution in [1.29, 1.82) is 0 Å². The first-order valence-electron chi connectivity index (χ1n) is 17.4. The second-order valence-corrected chi connectivity index (χ2v) is 12.8. The van der Waals surface area contributed by atoms with Crippen molar-refractivity contribution < 1.29 is 19.4 Å². The molecule has 54 heavy (non-hydrogen) atoms. The molecule has 0 aliphatic carbocycles. The van der Waals surface area contributed by atoms with Gasteiger partial charge in [-0.1, -0.05) is 12.8 Å². The number of hydrogen-bond donors (Lipinski definition) is 5. The monoisotopic (exact) mass is 740 g/mol. The Morgan fingerprint density at radius 1 is 0.815 bits per heavy atom. The first-order chi connectivity index (χ1) is 26.2. The first-order valence-corrected chi connectivity index (χ1v) is 17.4. The van der Waals surface area contributed by atoms with Crippen molar-refractivity contribution in [2.45, 2.75) is 50.6 Å². The molecule has 7 rings (SSSR count). The van der Waals surface area contributed by atoms with Gasteiger partial charge in [-0.2, -0.15) is 29.8 Å². The zero-order valence-electron chi connectivity index (χ0n) is 29.9. The number of nitrogen functional groups attached to an aromatic ring is 2. The van der Waals surface area contributed by atoms with E-state index in [1.54, 1.807) is 20.2 Å². The fourth-order valence-corrected chi connectivity index (χ4v) is 6.47. The highest BCUT2D eigenvalue weighted by molar-refractivity contribution is 6.00. The number of rotatable bonds is 11. The lowest BCUT2D eigenvalue weighted by molar-refractivity contribution is 0.0601. The van der Waals surface area contributed by atoms with Gasteiger partial charge < -0.3 is 31.9 Å². The summed E-state index contributed by atoms with van der Waals surface area (Å²) >= 11 is 0. The van der Waals surface area contributed by atoms with Gasteiger partial charge in [0.15, 0.2) is 52.1 Å². The summed E-state index contributed by atoms with van der Waals surface area (Å²) in [5.74, 6) is 0.0601. The molecule has 2 fully saturated rings. The van der Waals surface area contributed by atoms with Gasteiger partial charge in [-0.15, -0.1) is 20.5 Å². The maximum atomic E-state index is 12.4. The van der Waals surface area contributed by atoms with Crippen molar-refractivity contribution in [2.75, 3.05) is 38.3 Å². The second kappa shape index (κ2) is 15.4. The number of carbonyl (C=O) groups is 2. The lowest BCUT2D eigenvalue weighted by atomic mass is 10.0. The molecule has 22 nitrogen and oxygen atoms in total. The van der Waals surface area contributed by atoms with Crippen molar-refractivity contribution in [3.63, 3.8) is 0 Å². The molecule has 2 aliphatic rings. The van der Waals surface area contributed by atoms with Crippen LogP contribution in [-0.4, -0.2) is 92.8 Å². The molecular formula is C32H40N18O4. The van der Waals surface area contributed by atoms with E-state index < -0.39 is 18.4 Å². The summed E-state index contributed by atoms with van der Waals surface area (Å²) in [5, 5.41) is 52.0. The molecule has 5 aromatic heterocycles. The molecule has 22 heteroatoms. The molecule has 282 valence electrons. The number of nitrogens with zero attached hydrogens (tertiary/aromatic N) is 14. The molecule has 0 radical (unpaired) electrons. The van der Waals surface area contributed by atoms with Crippen LogP contribution in [0.25, 0.3) is 11.6 Å². The van der Waals surface area contributed by atoms with Crippen LogP contribution < -0.4 is 22.1 Å². The minimum Gasteiger partial charge on any atom is -0.465 e. The Morgan fingerprint density at radius 3 is 1.78 bits per heavy atom. The van der Waals surface area contributed by atoms with E-state index >= 15 is 0 Å². The maximum absolute atomic E-state index is 12.4. The van der Waals surface area contributed by atoms with Gasteiger partial charge in [0, 0.05) is 20.2 Å². The zero-order chi connectivity index (χ0) is 37.9. The molecule has 7 N–H and O–H groups in total. The summed E-state index contributed by atoms with van der Waals surface area (Å²) in [6.07, 6.45) is 9.58. The molecule has 0 aromatic carbocycles. The van der Waals surface area contributed by atoms with Gasteiger partial charge in [0.2, 0.25) is 0 Å². The Morgan fingerprint density at radius 2 is 1.31 bits per heavy atom. The molecule has 2 unspecified atom stereocenters. The third-order valence-corrected chi connectivity index (χ3v) is 9.35. The summed E-state index contributed by atoms with van der Waals surface area (Å²) in [4.78, 5) is 33.7. The second-order valence-electron chi connectivity index (χ2n) is 12.8. The maximum Gasteiger partial charge on any atom is 0.343 e. The number of ether oxygens (including phenoxy) is 1. The highest BCUT2D eigenvalue weighted by atomic mass is 16.5. The summed E-state index contributed by atoms with van der Waals surface area (Å²) < 4.78 is 10.6. The molecule has 0 spiro atoms. The van der Waals surface area contributed by atoms with Crippen molar-refractivity contribution in [1.82, 2.24) is 59.7 Å². The highest BCUT2D eigenvalue weighted by Gasteiger charge is 2.29. The quantitative estimate of drug-likeness (QED) is 0.0740. The summed E-state index contributed by atoms with van der Waals surface area (Å²) in [6, 6.07) is 1.28. The average molecular weight is 741 g/mol. The number of azo groups is 2. The largest absolute Gasteiger partial charge is 0.465 e. The number of methoxy groups -OCH3 is 1. The average Bonchev–Trinajstić information content (AvgIpc) is 3.95. The Hall–Kier alpha value is -6.26. The number of anilines is 2. The summed E-state index contributed by atoms with van der Waals surface area (Å²) in [6.45, 7) is 0.867. The number of aryl methyl sites for hydroxylation is 2. The molecule has 2 aliphatic heterocycles. The fraction of sp³-hybridized carbons (Fsp3) is 0.438. The van der Waals surface area contributed by atoms with Gasteiger partial charge in [-0.3, -0.25) is 4.79 Å². The standard InChI is InChI=1S/C32H40N18O4/c1-47-30(17(13-39-47)21(52)15-51)43-41-26-24(19-8-4-6-10-35-19)45-49(28(26)33)22-12-23(38-16-37-22)50-29(34)27(25(46-50)20-9-5-7-11-36-20)42-44-31-18(32(53)54-3)14-40-48(31)2/h12-14,16,19-20,35-36,51H,4-11,15,33-34H2,1-3H3. The Kier molecular flexibility index (Phi) is 10.3. The third kappa shape index (κ3) is 6.83. The summed E-state index contributed by atoms with van der Waals surface area (Å²) in [7, 11) is 4.53. The van der Waals surface area contributed by atoms with E-state index in [9.17, 15) is 14.7 Å². The van der Waals surface area contributed by atoms with Gasteiger partial charge in [-0.05, 0) is 38.8 Å². The van der Waals surface area contributed by atoms with E-state index in [4.69, 9.17) is 26.4 Å². The van der Waals surface area contributed by atoms with Crippen LogP contribution in [0.2, 0.25) is 0 Å². The third-order valence-electron chi connectivity index (χ3n) is 9.35. The SMILES string of the molecule is COC(=O)c1cnn(C)c1N=Nc1c(C2CCCCN2)nn(-c2cc(-n3nc(C4CCCCN4)c(N=Nc4c(C(=O)CO)cnn4C)c3N)ncn2)c1N. The van der Waals surface area contributed by atoms with E-state index in [0.717, 1.165) is 51.6 Å². The van der Waals surface area contributed by atoms with E-state index in [2.05, 4.69) is 51.3 Å². The number of ketones is 1. The fourth-order valence-electron chi connectivity index (χ4n) is 6.47. The lowest BCUT2D eigenvalue weighted by Crippen LogP contribution is -2.27. The van der Waals surface area contributed by atoms with Crippen LogP contribution in [0, 0.1) is 0 Å².